The molecule has 48 heavy (non-hydrogen) atoms. The molecule has 2 N–H and O–H groups in total. The van der Waals surface area contributed by atoms with Gasteiger partial charge in [-0.15, -0.1) is 0 Å². The molecule has 0 unspecified atom stereocenters. The number of fused-ring (bicyclic) bond motifs is 2. The first kappa shape index (κ1) is 33.6. The summed E-state index contributed by atoms with van der Waals surface area (Å²) in [4.78, 5) is 38.1. The molecule has 1 aliphatic heterocycles. The number of benzene rings is 4. The summed E-state index contributed by atoms with van der Waals surface area (Å²) in [5.41, 5.74) is 6.22. The summed E-state index contributed by atoms with van der Waals surface area (Å²) in [5.74, 6) is -1.04. The van der Waals surface area contributed by atoms with Gasteiger partial charge in [0.25, 0.3) is 0 Å². The van der Waals surface area contributed by atoms with E-state index in [4.69, 9.17) is 19.5 Å². The Kier molecular flexibility index (Phi) is 10.7. The van der Waals surface area contributed by atoms with E-state index in [1.165, 1.54) is 0 Å². The molecule has 0 saturated carbocycles. The van der Waals surface area contributed by atoms with Gasteiger partial charge in [-0.2, -0.15) is 0 Å². The normalized spacial score (nSPS) is 13.8. The van der Waals surface area contributed by atoms with Crippen molar-refractivity contribution in [2.24, 2.45) is 9.98 Å². The second-order valence-electron chi connectivity index (χ2n) is 11.8. The zero-order chi connectivity index (χ0) is 34.2. The van der Waals surface area contributed by atoms with E-state index in [9.17, 15) is 9.59 Å². The van der Waals surface area contributed by atoms with Crippen molar-refractivity contribution in [2.45, 2.75) is 53.8 Å². The molecule has 4 aromatic carbocycles. The SMILES string of the molecule is CC1=Nc2ccccc2NC(C)=C(C(=O)OC(C)C)C(c2ccccc2)=Nc2ccccc2NC(c2ccccc2)=C1C(=O)OC(C)C. The molecule has 0 amide bonds. The van der Waals surface area contributed by atoms with E-state index in [-0.39, 0.29) is 23.4 Å². The Balaban J connectivity index is 1.90. The molecule has 0 spiro atoms. The Bertz CT molecular complexity index is 1920. The zero-order valence-electron chi connectivity index (χ0n) is 28.1. The predicted octanol–water partition coefficient (Wildman–Crippen LogP) is 9.03. The van der Waals surface area contributed by atoms with Crippen LogP contribution in [0.1, 0.15) is 52.7 Å². The molecule has 0 aromatic heterocycles. The van der Waals surface area contributed by atoms with Crippen molar-refractivity contribution in [3.63, 3.8) is 0 Å². The molecule has 244 valence electrons. The van der Waals surface area contributed by atoms with Crippen molar-refractivity contribution in [1.29, 1.82) is 0 Å². The second kappa shape index (κ2) is 15.2. The van der Waals surface area contributed by atoms with E-state index in [2.05, 4.69) is 10.6 Å². The Morgan fingerprint density at radius 3 is 1.58 bits per heavy atom. The number of para-hydroxylation sites is 4. The molecule has 4 aromatic rings. The van der Waals surface area contributed by atoms with Crippen LogP contribution in [0.15, 0.2) is 136 Å². The molecule has 0 atom stereocenters. The van der Waals surface area contributed by atoms with Crippen LogP contribution in [-0.4, -0.2) is 35.6 Å². The van der Waals surface area contributed by atoms with E-state index in [0.29, 0.717) is 45.6 Å². The van der Waals surface area contributed by atoms with E-state index >= 15 is 0 Å². The number of anilines is 2. The second-order valence-corrected chi connectivity index (χ2v) is 11.8. The maximum absolute atomic E-state index is 14.0. The van der Waals surface area contributed by atoms with Crippen molar-refractivity contribution in [3.8, 4) is 0 Å². The largest absolute Gasteiger partial charge is 0.459 e. The standard InChI is InChI=1S/C40H40N4O4/c1-25(2)47-39(45)35-27(5)41-31-21-13-14-22-32(31)42-28(6)36(40(46)48-26(3)4)38(30-19-11-8-12-20-30)44-34-24-16-15-23-33(34)43-37(35)29-17-9-7-10-18-29/h7-26,41,44H,1-6H3. The molecular formula is C40H40N4O4. The number of allylic oxidation sites excluding steroid dienone is 1. The third kappa shape index (κ3) is 7.96. The third-order valence-electron chi connectivity index (χ3n) is 7.34. The van der Waals surface area contributed by atoms with Crippen LogP contribution in [0.3, 0.4) is 0 Å². The number of aliphatic imine (C=N–C) groups is 2. The first-order chi connectivity index (χ1) is 23.1. The fourth-order valence-electron chi connectivity index (χ4n) is 5.26. The van der Waals surface area contributed by atoms with Crippen molar-refractivity contribution >= 4 is 51.8 Å². The van der Waals surface area contributed by atoms with Gasteiger partial charge >= 0.3 is 11.9 Å². The van der Waals surface area contributed by atoms with E-state index in [0.717, 1.165) is 11.1 Å². The molecule has 0 saturated heterocycles. The van der Waals surface area contributed by atoms with Crippen molar-refractivity contribution in [2.75, 3.05) is 10.6 Å². The third-order valence-corrected chi connectivity index (χ3v) is 7.34. The van der Waals surface area contributed by atoms with Crippen LogP contribution in [0.25, 0.3) is 5.70 Å². The summed E-state index contributed by atoms with van der Waals surface area (Å²) in [6.45, 7) is 10.9. The Labute approximate surface area is 281 Å². The lowest BCUT2D eigenvalue weighted by Crippen LogP contribution is -2.24. The average molecular weight is 641 g/mol. The minimum atomic E-state index is -0.518. The Hall–Kier alpha value is -5.76. The highest BCUT2D eigenvalue weighted by molar-refractivity contribution is 6.29. The lowest BCUT2D eigenvalue weighted by atomic mass is 9.99. The maximum atomic E-state index is 14.0. The summed E-state index contributed by atoms with van der Waals surface area (Å²) in [5, 5.41) is 6.95. The van der Waals surface area contributed by atoms with Gasteiger partial charge in [0, 0.05) is 11.3 Å². The number of carbonyl (C=O) groups is 2. The highest BCUT2D eigenvalue weighted by Crippen LogP contribution is 2.35. The van der Waals surface area contributed by atoms with Crippen LogP contribution in [0.4, 0.5) is 22.7 Å². The van der Waals surface area contributed by atoms with Gasteiger partial charge in [0.2, 0.25) is 0 Å². The molecule has 8 nitrogen and oxygen atoms in total. The van der Waals surface area contributed by atoms with Crippen LogP contribution in [0, 0.1) is 0 Å². The molecule has 5 rings (SSSR count). The zero-order valence-corrected chi connectivity index (χ0v) is 28.1. The fourth-order valence-corrected chi connectivity index (χ4v) is 5.26. The quantitative estimate of drug-likeness (QED) is 0.204. The van der Waals surface area contributed by atoms with Gasteiger partial charge < -0.3 is 20.1 Å². The van der Waals surface area contributed by atoms with E-state index < -0.39 is 11.9 Å². The van der Waals surface area contributed by atoms with E-state index in [1.54, 1.807) is 6.92 Å². The summed E-state index contributed by atoms with van der Waals surface area (Å²) in [7, 11) is 0. The van der Waals surface area contributed by atoms with Crippen LogP contribution < -0.4 is 10.6 Å². The fraction of sp³-hybridized carbons (Fsp3) is 0.200. The maximum Gasteiger partial charge on any atom is 0.342 e. The highest BCUT2D eigenvalue weighted by Gasteiger charge is 2.27. The number of hydrogen-bond donors (Lipinski definition) is 2. The number of carbonyl (C=O) groups excluding carboxylic acids is 2. The van der Waals surface area contributed by atoms with Crippen molar-refractivity contribution < 1.29 is 19.1 Å². The monoisotopic (exact) mass is 640 g/mol. The number of rotatable bonds is 6. The molecule has 1 heterocycles. The average Bonchev–Trinajstić information content (AvgIpc) is 3.05. The van der Waals surface area contributed by atoms with Gasteiger partial charge in [0.1, 0.15) is 11.1 Å². The first-order valence-corrected chi connectivity index (χ1v) is 16.0. The molecule has 1 aliphatic rings. The molecule has 0 bridgehead atoms. The molecule has 0 fully saturated rings. The summed E-state index contributed by atoms with van der Waals surface area (Å²) in [6.07, 6.45) is -0.724. The molecule has 0 radical (unpaired) electrons. The van der Waals surface area contributed by atoms with Gasteiger partial charge in [-0.25, -0.2) is 14.6 Å². The summed E-state index contributed by atoms with van der Waals surface area (Å²) >= 11 is 0. The number of hydrogen-bond acceptors (Lipinski definition) is 8. The van der Waals surface area contributed by atoms with Gasteiger partial charge in [0.05, 0.1) is 52.1 Å². The number of esters is 2. The summed E-state index contributed by atoms with van der Waals surface area (Å²) < 4.78 is 11.6. The molecular weight excluding hydrogens is 600 g/mol. The Morgan fingerprint density at radius 2 is 1.02 bits per heavy atom. The van der Waals surface area contributed by atoms with Crippen LogP contribution >= 0.6 is 0 Å². The number of nitrogens with zero attached hydrogens (tertiary/aromatic N) is 2. The van der Waals surface area contributed by atoms with Gasteiger partial charge in [0.15, 0.2) is 0 Å². The van der Waals surface area contributed by atoms with Gasteiger partial charge in [-0.3, -0.25) is 4.99 Å². The first-order valence-electron chi connectivity index (χ1n) is 16.0. The smallest absolute Gasteiger partial charge is 0.342 e. The van der Waals surface area contributed by atoms with Crippen LogP contribution in [0.5, 0.6) is 0 Å². The van der Waals surface area contributed by atoms with Crippen LogP contribution in [0.2, 0.25) is 0 Å². The molecule has 0 aliphatic carbocycles. The highest BCUT2D eigenvalue weighted by atomic mass is 16.5. The van der Waals surface area contributed by atoms with Crippen LogP contribution in [-0.2, 0) is 19.1 Å². The summed E-state index contributed by atoms with van der Waals surface area (Å²) in [6, 6.07) is 34.1. The topological polar surface area (TPSA) is 101 Å². The minimum absolute atomic E-state index is 0.275. The minimum Gasteiger partial charge on any atom is -0.459 e. The van der Waals surface area contributed by atoms with Crippen molar-refractivity contribution in [3.05, 3.63) is 137 Å². The Morgan fingerprint density at radius 1 is 0.562 bits per heavy atom. The van der Waals surface area contributed by atoms with E-state index in [1.807, 2.05) is 144 Å². The predicted molar refractivity (Wildman–Crippen MR) is 194 cm³/mol. The van der Waals surface area contributed by atoms with Gasteiger partial charge in [-0.05, 0) is 71.4 Å². The lowest BCUT2D eigenvalue weighted by molar-refractivity contribution is -0.143. The molecule has 8 heteroatoms. The van der Waals surface area contributed by atoms with Crippen molar-refractivity contribution in [1.82, 2.24) is 0 Å². The number of nitrogens with one attached hydrogen (secondary N) is 2. The van der Waals surface area contributed by atoms with Gasteiger partial charge in [-0.1, -0.05) is 84.9 Å². The number of ether oxygens (including phenoxy) is 2. The lowest BCUT2D eigenvalue weighted by Gasteiger charge is -2.22.